The van der Waals surface area contributed by atoms with Crippen molar-refractivity contribution in [3.63, 3.8) is 0 Å². The zero-order valence-electron chi connectivity index (χ0n) is 10.6. The van der Waals surface area contributed by atoms with Crippen molar-refractivity contribution in [2.45, 2.75) is 12.8 Å². The summed E-state index contributed by atoms with van der Waals surface area (Å²) in [5.74, 6) is 1.93. The van der Waals surface area contributed by atoms with E-state index in [-0.39, 0.29) is 0 Å². The van der Waals surface area contributed by atoms with Crippen LogP contribution >= 0.6 is 0 Å². The number of benzene rings is 1. The predicted octanol–water partition coefficient (Wildman–Crippen LogP) is 1.95. The Morgan fingerprint density at radius 3 is 2.78 bits per heavy atom. The molecule has 0 spiro atoms. The molecule has 1 aromatic carbocycles. The molecule has 1 heterocycles. The van der Waals surface area contributed by atoms with Crippen LogP contribution in [-0.2, 0) is 0 Å². The third-order valence-corrected chi connectivity index (χ3v) is 3.23. The Morgan fingerprint density at radius 1 is 1.33 bits per heavy atom. The highest BCUT2D eigenvalue weighted by Crippen LogP contribution is 2.28. The fraction of sp³-hybridized carbons (Fsp3) is 0.500. The molecule has 0 amide bonds. The van der Waals surface area contributed by atoms with Crippen LogP contribution in [-0.4, -0.2) is 26.8 Å². The molecule has 0 radical (unpaired) electrons. The Bertz CT molecular complexity index is 434. The van der Waals surface area contributed by atoms with Crippen LogP contribution in [0.25, 0.3) is 0 Å². The van der Waals surface area contributed by atoms with Gasteiger partial charge in [0.25, 0.3) is 0 Å². The quantitative estimate of drug-likeness (QED) is 0.882. The molecule has 2 rings (SSSR count). The first kappa shape index (κ1) is 12.7. The average Bonchev–Trinajstić information content (AvgIpc) is 2.45. The molecule has 1 aromatic rings. The number of nitriles is 1. The lowest BCUT2D eigenvalue weighted by Crippen LogP contribution is -2.30. The van der Waals surface area contributed by atoms with Gasteiger partial charge in [-0.3, -0.25) is 0 Å². The van der Waals surface area contributed by atoms with E-state index in [2.05, 4.69) is 11.4 Å². The Morgan fingerprint density at radius 2 is 2.11 bits per heavy atom. The van der Waals surface area contributed by atoms with Gasteiger partial charge in [-0.2, -0.15) is 5.26 Å². The Kier molecular flexibility index (Phi) is 4.43. The van der Waals surface area contributed by atoms with E-state index in [0.29, 0.717) is 29.6 Å². The number of rotatable bonds is 4. The molecule has 96 valence electrons. The molecule has 1 aliphatic rings. The second-order valence-corrected chi connectivity index (χ2v) is 4.48. The molecule has 1 saturated heterocycles. The minimum absolute atomic E-state index is 0.585. The first-order valence-corrected chi connectivity index (χ1v) is 6.25. The van der Waals surface area contributed by atoms with Crippen LogP contribution in [0, 0.1) is 17.2 Å². The molecule has 0 atom stereocenters. The molecule has 1 aliphatic heterocycles. The minimum atomic E-state index is 0.585. The van der Waals surface area contributed by atoms with Gasteiger partial charge in [0.2, 0.25) is 0 Å². The van der Waals surface area contributed by atoms with Gasteiger partial charge in [-0.1, -0.05) is 0 Å². The van der Waals surface area contributed by atoms with Crippen molar-refractivity contribution in [2.24, 2.45) is 5.92 Å². The summed E-state index contributed by atoms with van der Waals surface area (Å²) in [5.41, 5.74) is 0.594. The van der Waals surface area contributed by atoms with Crippen molar-refractivity contribution in [1.82, 2.24) is 5.32 Å². The maximum Gasteiger partial charge on any atom is 0.162 e. The van der Waals surface area contributed by atoms with Crippen molar-refractivity contribution < 1.29 is 9.47 Å². The normalized spacial score (nSPS) is 16.0. The number of ether oxygens (including phenoxy) is 2. The predicted molar refractivity (Wildman–Crippen MR) is 68.8 cm³/mol. The summed E-state index contributed by atoms with van der Waals surface area (Å²) in [6.07, 6.45) is 2.28. The lowest BCUT2D eigenvalue weighted by atomic mass is 9.99. The van der Waals surface area contributed by atoms with E-state index >= 15 is 0 Å². The van der Waals surface area contributed by atoms with E-state index in [4.69, 9.17) is 14.7 Å². The van der Waals surface area contributed by atoms with Crippen molar-refractivity contribution in [3.05, 3.63) is 23.8 Å². The highest BCUT2D eigenvalue weighted by Gasteiger charge is 2.15. The molecular formula is C14H18N2O2. The van der Waals surface area contributed by atoms with Crippen LogP contribution in [0.15, 0.2) is 18.2 Å². The fourth-order valence-electron chi connectivity index (χ4n) is 2.12. The monoisotopic (exact) mass is 246 g/mol. The molecule has 4 heteroatoms. The van der Waals surface area contributed by atoms with Crippen LogP contribution in [0.4, 0.5) is 0 Å². The first-order chi connectivity index (χ1) is 8.83. The van der Waals surface area contributed by atoms with Crippen LogP contribution in [0.1, 0.15) is 18.4 Å². The summed E-state index contributed by atoms with van der Waals surface area (Å²) >= 11 is 0. The minimum Gasteiger partial charge on any atom is -0.493 e. The lowest BCUT2D eigenvalue weighted by molar-refractivity contribution is 0.208. The standard InChI is InChI=1S/C14H18N2O2/c1-17-13-3-2-12(9-15)8-14(13)18-10-11-4-6-16-7-5-11/h2-3,8,11,16H,4-7,10H2,1H3. The van der Waals surface area contributed by atoms with Gasteiger partial charge < -0.3 is 14.8 Å². The number of nitrogens with one attached hydrogen (secondary N) is 1. The zero-order valence-corrected chi connectivity index (χ0v) is 10.6. The van der Waals surface area contributed by atoms with Crippen LogP contribution in [0.5, 0.6) is 11.5 Å². The van der Waals surface area contributed by atoms with Gasteiger partial charge in [0.15, 0.2) is 11.5 Å². The molecular weight excluding hydrogens is 228 g/mol. The molecule has 0 saturated carbocycles. The van der Waals surface area contributed by atoms with Gasteiger partial charge in [0.1, 0.15) is 0 Å². The van der Waals surface area contributed by atoms with E-state index < -0.39 is 0 Å². The average molecular weight is 246 g/mol. The summed E-state index contributed by atoms with van der Waals surface area (Å²) in [6.45, 7) is 2.81. The van der Waals surface area contributed by atoms with E-state index in [0.717, 1.165) is 25.9 Å². The molecule has 1 fully saturated rings. The number of hydrogen-bond donors (Lipinski definition) is 1. The van der Waals surface area contributed by atoms with Crippen molar-refractivity contribution >= 4 is 0 Å². The highest BCUT2D eigenvalue weighted by atomic mass is 16.5. The van der Waals surface area contributed by atoms with E-state index in [1.165, 1.54) is 0 Å². The molecule has 1 N–H and O–H groups in total. The fourth-order valence-corrected chi connectivity index (χ4v) is 2.12. The SMILES string of the molecule is COc1ccc(C#N)cc1OCC1CCNCC1. The molecule has 0 aromatic heterocycles. The highest BCUT2D eigenvalue weighted by molar-refractivity contribution is 5.46. The van der Waals surface area contributed by atoms with Crippen molar-refractivity contribution in [2.75, 3.05) is 26.8 Å². The van der Waals surface area contributed by atoms with E-state index in [1.807, 2.05) is 0 Å². The third kappa shape index (κ3) is 3.14. The smallest absolute Gasteiger partial charge is 0.162 e. The first-order valence-electron chi connectivity index (χ1n) is 6.25. The molecule has 0 bridgehead atoms. The van der Waals surface area contributed by atoms with E-state index in [1.54, 1.807) is 25.3 Å². The summed E-state index contributed by atoms with van der Waals surface area (Å²) in [6, 6.07) is 7.35. The summed E-state index contributed by atoms with van der Waals surface area (Å²) in [4.78, 5) is 0. The number of nitrogens with zero attached hydrogens (tertiary/aromatic N) is 1. The van der Waals surface area contributed by atoms with Gasteiger partial charge >= 0.3 is 0 Å². The molecule has 0 aliphatic carbocycles. The zero-order chi connectivity index (χ0) is 12.8. The summed E-state index contributed by atoms with van der Waals surface area (Å²) in [5, 5.41) is 12.2. The largest absolute Gasteiger partial charge is 0.493 e. The second-order valence-electron chi connectivity index (χ2n) is 4.48. The lowest BCUT2D eigenvalue weighted by Gasteiger charge is -2.23. The molecule has 0 unspecified atom stereocenters. The molecule has 4 nitrogen and oxygen atoms in total. The summed E-state index contributed by atoms with van der Waals surface area (Å²) in [7, 11) is 1.61. The van der Waals surface area contributed by atoms with Gasteiger partial charge in [0.05, 0.1) is 25.3 Å². The van der Waals surface area contributed by atoms with E-state index in [9.17, 15) is 0 Å². The van der Waals surface area contributed by atoms with Crippen LogP contribution in [0.3, 0.4) is 0 Å². The second kappa shape index (κ2) is 6.27. The maximum atomic E-state index is 8.89. The van der Waals surface area contributed by atoms with Gasteiger partial charge in [-0.05, 0) is 44.0 Å². The third-order valence-electron chi connectivity index (χ3n) is 3.23. The van der Waals surface area contributed by atoms with Gasteiger partial charge in [-0.25, -0.2) is 0 Å². The van der Waals surface area contributed by atoms with Gasteiger partial charge in [0, 0.05) is 6.07 Å². The topological polar surface area (TPSA) is 54.3 Å². The number of hydrogen-bond acceptors (Lipinski definition) is 4. The van der Waals surface area contributed by atoms with Gasteiger partial charge in [-0.15, -0.1) is 0 Å². The van der Waals surface area contributed by atoms with Crippen molar-refractivity contribution in [1.29, 1.82) is 5.26 Å². The Balaban J connectivity index is 2.00. The number of piperidine rings is 1. The number of methoxy groups -OCH3 is 1. The van der Waals surface area contributed by atoms with Crippen molar-refractivity contribution in [3.8, 4) is 17.6 Å². The Hall–Kier alpha value is -1.73. The van der Waals surface area contributed by atoms with Crippen LogP contribution < -0.4 is 14.8 Å². The Labute approximate surface area is 108 Å². The molecule has 18 heavy (non-hydrogen) atoms. The maximum absolute atomic E-state index is 8.89. The summed E-state index contributed by atoms with van der Waals surface area (Å²) < 4.78 is 11.0. The van der Waals surface area contributed by atoms with Crippen LogP contribution in [0.2, 0.25) is 0 Å².